The Morgan fingerprint density at radius 1 is 1.04 bits per heavy atom. The number of ether oxygens (including phenoxy) is 1. The summed E-state index contributed by atoms with van der Waals surface area (Å²) in [5.74, 6) is 0.424. The van der Waals surface area contributed by atoms with E-state index in [2.05, 4.69) is 39.5 Å². The van der Waals surface area contributed by atoms with Crippen molar-refractivity contribution < 1.29 is 4.74 Å². The molecule has 0 amide bonds. The van der Waals surface area contributed by atoms with Gasteiger partial charge in [0.2, 0.25) is 0 Å². The molecule has 1 fully saturated rings. The number of hydrogen-bond donors (Lipinski definition) is 2. The average molecular weight is 438 g/mol. The monoisotopic (exact) mass is 438 g/mol. The van der Waals surface area contributed by atoms with Gasteiger partial charge in [-0.3, -0.25) is 0 Å². The fourth-order valence-electron chi connectivity index (χ4n) is 2.52. The third-order valence-corrected chi connectivity index (χ3v) is 3.79. The predicted octanol–water partition coefficient (Wildman–Crippen LogP) is 3.07. The number of guanidine groups is 1. The Labute approximate surface area is 159 Å². The van der Waals surface area contributed by atoms with Gasteiger partial charge in [-0.2, -0.15) is 0 Å². The second-order valence-electron chi connectivity index (χ2n) is 5.46. The highest BCUT2D eigenvalue weighted by Gasteiger charge is 2.10. The molecule has 3 rings (SSSR count). The smallest absolute Gasteiger partial charge is 0.193 e. The van der Waals surface area contributed by atoms with Crippen molar-refractivity contribution in [2.75, 3.05) is 36.5 Å². The first-order chi connectivity index (χ1) is 11.3. The van der Waals surface area contributed by atoms with E-state index in [1.54, 1.807) is 0 Å². The molecule has 0 aromatic heterocycles. The number of anilines is 2. The number of nitrogens with zero attached hydrogens (tertiary/aromatic N) is 2. The van der Waals surface area contributed by atoms with Crippen molar-refractivity contribution in [2.45, 2.75) is 6.54 Å². The molecule has 0 unspecified atom stereocenters. The van der Waals surface area contributed by atoms with Gasteiger partial charge in [-0.1, -0.05) is 30.3 Å². The minimum atomic E-state index is 0. The molecule has 2 aromatic rings. The fraction of sp³-hybridized carbons (Fsp3) is 0.278. The first kappa shape index (κ1) is 18.5. The maximum atomic E-state index is 5.92. The largest absolute Gasteiger partial charge is 0.378 e. The molecule has 0 atom stereocenters. The van der Waals surface area contributed by atoms with E-state index in [-0.39, 0.29) is 24.0 Å². The van der Waals surface area contributed by atoms with Crippen molar-refractivity contribution in [3.05, 3.63) is 60.2 Å². The number of nitrogens with two attached hydrogens (primary N) is 1. The molecular formula is C18H23IN4O. The van der Waals surface area contributed by atoms with Gasteiger partial charge in [-0.05, 0) is 29.8 Å². The van der Waals surface area contributed by atoms with Crippen LogP contribution in [-0.4, -0.2) is 32.3 Å². The van der Waals surface area contributed by atoms with Crippen LogP contribution in [0.15, 0.2) is 59.6 Å². The molecule has 0 bridgehead atoms. The van der Waals surface area contributed by atoms with E-state index < -0.39 is 0 Å². The van der Waals surface area contributed by atoms with E-state index in [1.165, 1.54) is 5.69 Å². The summed E-state index contributed by atoms with van der Waals surface area (Å²) in [4.78, 5) is 6.72. The number of benzene rings is 2. The lowest BCUT2D eigenvalue weighted by Gasteiger charge is -2.28. The van der Waals surface area contributed by atoms with E-state index >= 15 is 0 Å². The number of para-hydroxylation sites is 1. The molecular weight excluding hydrogens is 415 g/mol. The minimum absolute atomic E-state index is 0. The van der Waals surface area contributed by atoms with E-state index in [1.807, 2.05) is 30.3 Å². The highest BCUT2D eigenvalue weighted by Crippen LogP contribution is 2.17. The summed E-state index contributed by atoms with van der Waals surface area (Å²) in [6.07, 6.45) is 0. The second-order valence-corrected chi connectivity index (χ2v) is 5.46. The lowest BCUT2D eigenvalue weighted by Crippen LogP contribution is -2.36. The Morgan fingerprint density at radius 3 is 2.38 bits per heavy atom. The number of halogens is 1. The molecule has 3 N–H and O–H groups in total. The molecule has 1 aliphatic heterocycles. The topological polar surface area (TPSA) is 62.9 Å². The van der Waals surface area contributed by atoms with Crippen LogP contribution < -0.4 is 16.0 Å². The molecule has 0 spiro atoms. The van der Waals surface area contributed by atoms with E-state index in [4.69, 9.17) is 10.5 Å². The lowest BCUT2D eigenvalue weighted by atomic mass is 10.2. The van der Waals surface area contributed by atoms with Gasteiger partial charge in [-0.25, -0.2) is 4.99 Å². The van der Waals surface area contributed by atoms with Gasteiger partial charge in [0, 0.05) is 24.5 Å². The van der Waals surface area contributed by atoms with Crippen LogP contribution in [0, 0.1) is 0 Å². The molecule has 0 radical (unpaired) electrons. The molecule has 1 heterocycles. The zero-order chi connectivity index (χ0) is 15.9. The highest BCUT2D eigenvalue weighted by molar-refractivity contribution is 14.0. The minimum Gasteiger partial charge on any atom is -0.378 e. The third-order valence-electron chi connectivity index (χ3n) is 3.79. The zero-order valence-corrected chi connectivity index (χ0v) is 15.9. The summed E-state index contributed by atoms with van der Waals surface area (Å²) < 4.78 is 5.38. The summed E-state index contributed by atoms with van der Waals surface area (Å²) in [6.45, 7) is 4.06. The van der Waals surface area contributed by atoms with Crippen LogP contribution in [0.1, 0.15) is 5.56 Å². The molecule has 0 saturated carbocycles. The van der Waals surface area contributed by atoms with Gasteiger partial charge < -0.3 is 20.7 Å². The van der Waals surface area contributed by atoms with Crippen LogP contribution in [0.2, 0.25) is 0 Å². The van der Waals surface area contributed by atoms with Gasteiger partial charge >= 0.3 is 0 Å². The molecule has 1 saturated heterocycles. The molecule has 1 aliphatic rings. The van der Waals surface area contributed by atoms with E-state index in [9.17, 15) is 0 Å². The van der Waals surface area contributed by atoms with E-state index in [0.717, 1.165) is 37.6 Å². The molecule has 5 nitrogen and oxygen atoms in total. The van der Waals surface area contributed by atoms with Crippen LogP contribution in [-0.2, 0) is 11.3 Å². The predicted molar refractivity (Wildman–Crippen MR) is 110 cm³/mol. The van der Waals surface area contributed by atoms with Crippen LogP contribution in [0.3, 0.4) is 0 Å². The first-order valence-electron chi connectivity index (χ1n) is 7.85. The summed E-state index contributed by atoms with van der Waals surface area (Å²) in [7, 11) is 0. The fourth-order valence-corrected chi connectivity index (χ4v) is 2.52. The van der Waals surface area contributed by atoms with E-state index in [0.29, 0.717) is 12.5 Å². The van der Waals surface area contributed by atoms with Crippen LogP contribution in [0.5, 0.6) is 0 Å². The van der Waals surface area contributed by atoms with Gasteiger partial charge in [0.05, 0.1) is 19.8 Å². The number of nitrogens with one attached hydrogen (secondary N) is 1. The molecule has 24 heavy (non-hydrogen) atoms. The number of rotatable bonds is 4. The maximum Gasteiger partial charge on any atom is 0.193 e. The Hall–Kier alpha value is -1.80. The summed E-state index contributed by atoms with van der Waals surface area (Å²) in [6, 6.07) is 18.3. The van der Waals surface area contributed by atoms with Crippen molar-refractivity contribution in [3.63, 3.8) is 0 Å². The number of aliphatic imine (C=N–C) groups is 1. The van der Waals surface area contributed by atoms with Crippen molar-refractivity contribution in [1.29, 1.82) is 0 Å². The Bertz CT molecular complexity index is 640. The normalized spacial score (nSPS) is 14.8. The Morgan fingerprint density at radius 2 is 1.71 bits per heavy atom. The van der Waals surface area contributed by atoms with Crippen molar-refractivity contribution in [2.24, 2.45) is 10.7 Å². The first-order valence-corrected chi connectivity index (χ1v) is 7.85. The quantitative estimate of drug-likeness (QED) is 0.438. The summed E-state index contributed by atoms with van der Waals surface area (Å²) in [5.41, 5.74) is 9.23. The van der Waals surface area contributed by atoms with Crippen molar-refractivity contribution >= 4 is 41.3 Å². The molecule has 6 heteroatoms. The third kappa shape index (κ3) is 5.38. The van der Waals surface area contributed by atoms with Crippen molar-refractivity contribution in [3.8, 4) is 0 Å². The summed E-state index contributed by atoms with van der Waals surface area (Å²) in [5, 5.41) is 3.08. The van der Waals surface area contributed by atoms with Gasteiger partial charge in [0.25, 0.3) is 0 Å². The lowest BCUT2D eigenvalue weighted by molar-refractivity contribution is 0.122. The van der Waals surface area contributed by atoms with Crippen LogP contribution in [0.25, 0.3) is 0 Å². The molecule has 128 valence electrons. The maximum absolute atomic E-state index is 5.92. The van der Waals surface area contributed by atoms with Crippen LogP contribution in [0.4, 0.5) is 11.4 Å². The Kier molecular flexibility index (Phi) is 7.33. The number of morpholine rings is 1. The SMILES string of the molecule is I.NC(=NCc1ccc(N2CCOCC2)cc1)Nc1ccccc1. The van der Waals surface area contributed by atoms with Gasteiger partial charge in [0.1, 0.15) is 0 Å². The van der Waals surface area contributed by atoms with Crippen LogP contribution >= 0.6 is 24.0 Å². The standard InChI is InChI=1S/C18H22N4O.HI/c19-18(21-16-4-2-1-3-5-16)20-14-15-6-8-17(9-7-15)22-10-12-23-13-11-22;/h1-9H,10-14H2,(H3,19,20,21);1H. The van der Waals surface area contributed by atoms with Crippen molar-refractivity contribution in [1.82, 2.24) is 0 Å². The second kappa shape index (κ2) is 9.48. The van der Waals surface area contributed by atoms with Gasteiger partial charge in [-0.15, -0.1) is 24.0 Å². The summed E-state index contributed by atoms with van der Waals surface area (Å²) >= 11 is 0. The number of hydrogen-bond acceptors (Lipinski definition) is 3. The molecule has 0 aliphatic carbocycles. The Balaban J connectivity index is 0.00000208. The zero-order valence-electron chi connectivity index (χ0n) is 13.5. The highest BCUT2D eigenvalue weighted by atomic mass is 127. The van der Waals surface area contributed by atoms with Gasteiger partial charge in [0.15, 0.2) is 5.96 Å². The molecule has 2 aromatic carbocycles. The average Bonchev–Trinajstić information content (AvgIpc) is 2.62.